The Bertz CT molecular complexity index is 691. The predicted octanol–water partition coefficient (Wildman–Crippen LogP) is 2.56. The molecule has 0 aliphatic heterocycles. The van der Waals surface area contributed by atoms with Gasteiger partial charge < -0.3 is 9.84 Å². The van der Waals surface area contributed by atoms with Gasteiger partial charge in [0.1, 0.15) is 11.5 Å². The van der Waals surface area contributed by atoms with Crippen molar-refractivity contribution in [3.8, 4) is 11.5 Å². The zero-order valence-electron chi connectivity index (χ0n) is 12.1. The maximum atomic E-state index is 11.6. The van der Waals surface area contributed by atoms with Gasteiger partial charge >= 0.3 is 0 Å². The first-order chi connectivity index (χ1) is 10.7. The third-order valence-electron chi connectivity index (χ3n) is 2.86. The Kier molecular flexibility index (Phi) is 5.31. The number of rotatable bonds is 5. The van der Waals surface area contributed by atoms with Crippen LogP contribution in [-0.4, -0.2) is 24.3 Å². The van der Waals surface area contributed by atoms with Gasteiger partial charge in [-0.15, -0.1) is 0 Å². The van der Waals surface area contributed by atoms with E-state index in [1.807, 2.05) is 24.3 Å². The molecule has 0 aliphatic rings. The molecule has 0 aliphatic carbocycles. The fourth-order valence-electron chi connectivity index (χ4n) is 1.69. The molecule has 2 N–H and O–H groups in total. The topological polar surface area (TPSA) is 70.9 Å². The highest BCUT2D eigenvalue weighted by Crippen LogP contribution is 2.13. The number of carbonyl (C=O) groups excluding carboxylic acids is 1. The summed E-state index contributed by atoms with van der Waals surface area (Å²) in [6, 6.07) is 14.0. The van der Waals surface area contributed by atoms with Crippen LogP contribution in [0.25, 0.3) is 6.08 Å². The monoisotopic (exact) mass is 296 g/mol. The van der Waals surface area contributed by atoms with E-state index in [0.29, 0.717) is 5.56 Å². The minimum absolute atomic E-state index is 0.106. The molecule has 2 aromatic rings. The Labute approximate surface area is 128 Å². The maximum Gasteiger partial charge on any atom is 0.264 e. The lowest BCUT2D eigenvalue weighted by molar-refractivity contribution is -0.116. The summed E-state index contributed by atoms with van der Waals surface area (Å²) in [4.78, 5) is 11.6. The summed E-state index contributed by atoms with van der Waals surface area (Å²) in [6.45, 7) is 0. The van der Waals surface area contributed by atoms with Gasteiger partial charge in [-0.05, 0) is 35.9 Å². The highest BCUT2D eigenvalue weighted by Gasteiger charge is 1.96. The molecule has 0 saturated heterocycles. The highest BCUT2D eigenvalue weighted by atomic mass is 16.5. The van der Waals surface area contributed by atoms with E-state index in [0.717, 1.165) is 11.3 Å². The number of ether oxygens (including phenoxy) is 1. The van der Waals surface area contributed by atoms with Crippen LogP contribution in [0.2, 0.25) is 0 Å². The van der Waals surface area contributed by atoms with Crippen LogP contribution in [0, 0.1) is 0 Å². The number of phenols is 1. The number of nitrogens with zero attached hydrogens (tertiary/aromatic N) is 1. The van der Waals surface area contributed by atoms with E-state index < -0.39 is 0 Å². The molecular formula is C17H16N2O3. The van der Waals surface area contributed by atoms with Crippen LogP contribution in [0.1, 0.15) is 11.1 Å². The molecule has 0 aromatic heterocycles. The fourth-order valence-corrected chi connectivity index (χ4v) is 1.69. The zero-order chi connectivity index (χ0) is 15.8. The van der Waals surface area contributed by atoms with Gasteiger partial charge in [0.15, 0.2) is 0 Å². The predicted molar refractivity (Wildman–Crippen MR) is 85.9 cm³/mol. The molecule has 112 valence electrons. The second kappa shape index (κ2) is 7.64. The molecule has 2 rings (SSSR count). The Morgan fingerprint density at radius 2 is 1.91 bits per heavy atom. The first-order valence-corrected chi connectivity index (χ1v) is 6.62. The summed E-state index contributed by atoms with van der Waals surface area (Å²) in [5.41, 5.74) is 3.76. The van der Waals surface area contributed by atoms with Crippen molar-refractivity contribution in [3.05, 3.63) is 65.7 Å². The number of carbonyl (C=O) groups is 1. The molecule has 0 saturated carbocycles. The lowest BCUT2D eigenvalue weighted by Crippen LogP contribution is -2.14. The number of nitrogens with one attached hydrogen (secondary N) is 1. The molecule has 0 bridgehead atoms. The molecule has 5 heteroatoms. The van der Waals surface area contributed by atoms with Crippen LogP contribution < -0.4 is 10.2 Å². The molecule has 22 heavy (non-hydrogen) atoms. The largest absolute Gasteiger partial charge is 0.507 e. The molecule has 0 fully saturated rings. The summed E-state index contributed by atoms with van der Waals surface area (Å²) < 4.78 is 5.06. The average Bonchev–Trinajstić information content (AvgIpc) is 2.55. The minimum atomic E-state index is -0.359. The van der Waals surface area contributed by atoms with Crippen LogP contribution in [0.15, 0.2) is 59.7 Å². The third-order valence-corrected chi connectivity index (χ3v) is 2.86. The number of hydrazone groups is 1. The quantitative estimate of drug-likeness (QED) is 0.506. The van der Waals surface area contributed by atoms with Gasteiger partial charge in [0, 0.05) is 11.6 Å². The number of hydrogen-bond acceptors (Lipinski definition) is 4. The standard InChI is InChI=1S/C17H16N2O3/c1-22-15-9-6-13(7-10-15)8-11-17(21)19-18-12-14-4-2-3-5-16(14)20/h2-12,20H,1H3,(H,19,21)/b11-8+,18-12-. The average molecular weight is 296 g/mol. The molecular weight excluding hydrogens is 280 g/mol. The number of phenolic OH excluding ortho intramolecular Hbond substituents is 1. The van der Waals surface area contributed by atoms with Crippen LogP contribution in [-0.2, 0) is 4.79 Å². The summed E-state index contributed by atoms with van der Waals surface area (Å²) >= 11 is 0. The number of methoxy groups -OCH3 is 1. The van der Waals surface area contributed by atoms with Crippen LogP contribution in [0.4, 0.5) is 0 Å². The van der Waals surface area contributed by atoms with Gasteiger partial charge in [-0.25, -0.2) is 5.43 Å². The number of para-hydroxylation sites is 1. The third kappa shape index (κ3) is 4.49. The van der Waals surface area contributed by atoms with Crippen LogP contribution >= 0.6 is 0 Å². The fraction of sp³-hybridized carbons (Fsp3) is 0.0588. The van der Waals surface area contributed by atoms with E-state index in [4.69, 9.17) is 4.74 Å². The molecule has 5 nitrogen and oxygen atoms in total. The van der Waals surface area contributed by atoms with E-state index in [2.05, 4.69) is 10.5 Å². The minimum Gasteiger partial charge on any atom is -0.507 e. The smallest absolute Gasteiger partial charge is 0.264 e. The summed E-state index contributed by atoms with van der Waals surface area (Å²) in [5.74, 6) is 0.505. The van der Waals surface area contributed by atoms with Crippen molar-refractivity contribution < 1.29 is 14.6 Å². The molecule has 0 heterocycles. The van der Waals surface area contributed by atoms with E-state index >= 15 is 0 Å². The molecule has 0 spiro atoms. The molecule has 0 radical (unpaired) electrons. The second-order valence-corrected chi connectivity index (χ2v) is 4.40. The molecule has 1 amide bonds. The molecule has 0 atom stereocenters. The van der Waals surface area contributed by atoms with E-state index in [-0.39, 0.29) is 11.7 Å². The summed E-state index contributed by atoms with van der Waals surface area (Å²) in [7, 11) is 1.60. The van der Waals surface area contributed by atoms with E-state index in [9.17, 15) is 9.90 Å². The Balaban J connectivity index is 1.89. The molecule has 2 aromatic carbocycles. The maximum absolute atomic E-state index is 11.6. The van der Waals surface area contributed by atoms with Crippen LogP contribution in [0.3, 0.4) is 0 Å². The Hall–Kier alpha value is -3.08. The van der Waals surface area contributed by atoms with E-state index in [1.54, 1.807) is 37.5 Å². The van der Waals surface area contributed by atoms with Crippen molar-refractivity contribution >= 4 is 18.2 Å². The van der Waals surface area contributed by atoms with Crippen molar-refractivity contribution in [2.75, 3.05) is 7.11 Å². The Morgan fingerprint density at radius 1 is 1.18 bits per heavy atom. The van der Waals surface area contributed by atoms with Gasteiger partial charge in [-0.1, -0.05) is 24.3 Å². The number of benzene rings is 2. The van der Waals surface area contributed by atoms with Gasteiger partial charge in [0.05, 0.1) is 13.3 Å². The number of hydrogen-bond donors (Lipinski definition) is 2. The normalized spacial score (nSPS) is 11.0. The van der Waals surface area contributed by atoms with Gasteiger partial charge in [-0.2, -0.15) is 5.10 Å². The van der Waals surface area contributed by atoms with Crippen molar-refractivity contribution in [3.63, 3.8) is 0 Å². The Morgan fingerprint density at radius 3 is 2.59 bits per heavy atom. The van der Waals surface area contributed by atoms with Gasteiger partial charge in [0.25, 0.3) is 5.91 Å². The van der Waals surface area contributed by atoms with Crippen molar-refractivity contribution in [2.45, 2.75) is 0 Å². The van der Waals surface area contributed by atoms with E-state index in [1.165, 1.54) is 12.3 Å². The zero-order valence-corrected chi connectivity index (χ0v) is 12.1. The number of aromatic hydroxyl groups is 1. The molecule has 0 unspecified atom stereocenters. The summed E-state index contributed by atoms with van der Waals surface area (Å²) in [5, 5.41) is 13.3. The van der Waals surface area contributed by atoms with Gasteiger partial charge in [0.2, 0.25) is 0 Å². The highest BCUT2D eigenvalue weighted by molar-refractivity contribution is 5.92. The first kappa shape index (κ1) is 15.3. The SMILES string of the molecule is COc1ccc(/C=C/C(=O)N/N=C\c2ccccc2O)cc1. The lowest BCUT2D eigenvalue weighted by Gasteiger charge is -1.99. The van der Waals surface area contributed by atoms with Gasteiger partial charge in [-0.3, -0.25) is 4.79 Å². The van der Waals surface area contributed by atoms with Crippen molar-refractivity contribution in [1.82, 2.24) is 5.43 Å². The van der Waals surface area contributed by atoms with Crippen molar-refractivity contribution in [2.24, 2.45) is 5.10 Å². The lowest BCUT2D eigenvalue weighted by atomic mass is 10.2. The first-order valence-electron chi connectivity index (χ1n) is 6.62. The summed E-state index contributed by atoms with van der Waals surface area (Å²) in [6.07, 6.45) is 4.43. The van der Waals surface area contributed by atoms with Crippen LogP contribution in [0.5, 0.6) is 11.5 Å². The number of amides is 1. The second-order valence-electron chi connectivity index (χ2n) is 4.40. The van der Waals surface area contributed by atoms with Crippen molar-refractivity contribution in [1.29, 1.82) is 0 Å².